The van der Waals surface area contributed by atoms with E-state index in [1.54, 1.807) is 48.8 Å². The first-order valence-corrected chi connectivity index (χ1v) is 12.2. The Balaban J connectivity index is 1.78. The van der Waals surface area contributed by atoms with Crippen LogP contribution in [0.25, 0.3) is 11.0 Å². The van der Waals surface area contributed by atoms with Crippen LogP contribution in [0.4, 0.5) is 5.69 Å². The smallest absolute Gasteiger partial charge is 0.249 e. The lowest BCUT2D eigenvalue weighted by Crippen LogP contribution is -2.45. The van der Waals surface area contributed by atoms with Gasteiger partial charge in [-0.1, -0.05) is 43.3 Å². The van der Waals surface area contributed by atoms with Crippen molar-refractivity contribution in [3.8, 4) is 0 Å². The van der Waals surface area contributed by atoms with Crippen molar-refractivity contribution in [2.24, 2.45) is 5.92 Å². The average Bonchev–Trinajstić information content (AvgIpc) is 3.30. The maximum absolute atomic E-state index is 14.0. The van der Waals surface area contributed by atoms with E-state index >= 15 is 0 Å². The first kappa shape index (κ1) is 25.7. The van der Waals surface area contributed by atoms with Gasteiger partial charge in [0, 0.05) is 30.2 Å². The van der Waals surface area contributed by atoms with Crippen molar-refractivity contribution in [3.63, 3.8) is 0 Å². The van der Waals surface area contributed by atoms with E-state index in [-0.39, 0.29) is 24.1 Å². The van der Waals surface area contributed by atoms with Gasteiger partial charge in [0.1, 0.15) is 18.1 Å². The van der Waals surface area contributed by atoms with Crippen LogP contribution < -0.4 is 10.2 Å². The topological polar surface area (TPSA) is 110 Å². The van der Waals surface area contributed by atoms with Crippen molar-refractivity contribution in [1.29, 1.82) is 0 Å². The summed E-state index contributed by atoms with van der Waals surface area (Å²) in [5.41, 5.74) is 2.84. The van der Waals surface area contributed by atoms with Gasteiger partial charge in [0.2, 0.25) is 11.8 Å². The molecule has 1 N–H and O–H groups in total. The molecule has 37 heavy (non-hydrogen) atoms. The van der Waals surface area contributed by atoms with Crippen LogP contribution in [-0.4, -0.2) is 44.1 Å². The molecule has 0 aliphatic rings. The molecule has 0 radical (unpaired) electrons. The second kappa shape index (κ2) is 11.6. The van der Waals surface area contributed by atoms with Crippen molar-refractivity contribution in [1.82, 2.24) is 25.3 Å². The number of para-hydroxylation sites is 1. The number of hydrogen-bond acceptors (Lipinski definition) is 6. The number of carbonyl (C=O) groups is 3. The monoisotopic (exact) mass is 498 g/mol. The Hall–Kier alpha value is -4.40. The number of aromatic nitrogens is 4. The molecular weight excluding hydrogens is 468 g/mol. The number of hydrogen-bond donors (Lipinski definition) is 1. The van der Waals surface area contributed by atoms with Gasteiger partial charge < -0.3 is 5.32 Å². The highest BCUT2D eigenvalue weighted by molar-refractivity contribution is 6.03. The van der Waals surface area contributed by atoms with Gasteiger partial charge in [-0.25, -0.2) is 4.68 Å². The van der Waals surface area contributed by atoms with Gasteiger partial charge in [-0.15, -0.1) is 5.10 Å². The Morgan fingerprint density at radius 2 is 1.76 bits per heavy atom. The molecule has 0 aliphatic carbocycles. The minimum atomic E-state index is -0.986. The summed E-state index contributed by atoms with van der Waals surface area (Å²) in [7, 11) is 0. The third kappa shape index (κ3) is 6.06. The number of nitrogens with one attached hydrogen (secondary N) is 1. The normalized spacial score (nSPS) is 11.9. The maximum atomic E-state index is 14.0. The molecule has 0 saturated carbocycles. The van der Waals surface area contributed by atoms with Crippen LogP contribution in [0.5, 0.6) is 0 Å². The molecule has 2 amide bonds. The van der Waals surface area contributed by atoms with Crippen LogP contribution in [0.15, 0.2) is 73.1 Å². The van der Waals surface area contributed by atoms with E-state index in [2.05, 4.69) is 34.5 Å². The molecule has 1 atom stereocenters. The zero-order chi connectivity index (χ0) is 26.4. The number of fused-ring (bicyclic) bond motifs is 1. The Morgan fingerprint density at radius 1 is 1.00 bits per heavy atom. The highest BCUT2D eigenvalue weighted by Crippen LogP contribution is 2.29. The summed E-state index contributed by atoms with van der Waals surface area (Å²) in [5.74, 6) is -0.433. The van der Waals surface area contributed by atoms with Gasteiger partial charge in [0.15, 0.2) is 5.78 Å². The second-order valence-corrected chi connectivity index (χ2v) is 9.26. The van der Waals surface area contributed by atoms with Crippen molar-refractivity contribution in [3.05, 3.63) is 84.2 Å². The number of carbonyl (C=O) groups excluding carboxylic acids is 3. The quantitative estimate of drug-likeness (QED) is 0.331. The van der Waals surface area contributed by atoms with E-state index in [0.29, 0.717) is 40.3 Å². The molecule has 0 bridgehead atoms. The summed E-state index contributed by atoms with van der Waals surface area (Å²) in [4.78, 5) is 45.3. The number of anilines is 1. The summed E-state index contributed by atoms with van der Waals surface area (Å²) in [6.07, 6.45) is 3.97. The molecule has 9 nitrogen and oxygen atoms in total. The number of benzene rings is 2. The fourth-order valence-electron chi connectivity index (χ4n) is 4.09. The second-order valence-electron chi connectivity index (χ2n) is 9.26. The molecule has 2 heterocycles. The summed E-state index contributed by atoms with van der Waals surface area (Å²) in [5, 5.41) is 11.3. The van der Waals surface area contributed by atoms with E-state index in [9.17, 15) is 14.4 Å². The van der Waals surface area contributed by atoms with Crippen molar-refractivity contribution >= 4 is 34.3 Å². The molecule has 0 unspecified atom stereocenters. The Morgan fingerprint density at radius 3 is 2.49 bits per heavy atom. The lowest BCUT2D eigenvalue weighted by molar-refractivity contribution is -0.127. The SMILES string of the molecule is CC(=O)c1cccc(N(C(=O)Cn2nnc3ccccc32)[C@@H](C(=O)NCCC(C)C)c2ccncc2)c1. The number of nitrogens with zero attached hydrogens (tertiary/aromatic N) is 5. The van der Waals surface area contributed by atoms with Crippen LogP contribution in [0.1, 0.15) is 49.2 Å². The molecule has 0 fully saturated rings. The highest BCUT2D eigenvalue weighted by Gasteiger charge is 2.33. The van der Waals surface area contributed by atoms with Gasteiger partial charge in [-0.05, 0) is 61.2 Å². The summed E-state index contributed by atoms with van der Waals surface area (Å²) in [6, 6.07) is 16.5. The van der Waals surface area contributed by atoms with Crippen molar-refractivity contribution in [2.75, 3.05) is 11.4 Å². The zero-order valence-corrected chi connectivity index (χ0v) is 21.2. The van der Waals surface area contributed by atoms with Crippen LogP contribution in [0.2, 0.25) is 0 Å². The third-order valence-electron chi connectivity index (χ3n) is 6.05. The molecule has 190 valence electrons. The number of amides is 2. The van der Waals surface area contributed by atoms with Crippen molar-refractivity contribution < 1.29 is 14.4 Å². The molecule has 0 spiro atoms. The number of pyridine rings is 1. The Bertz CT molecular complexity index is 1400. The van der Waals surface area contributed by atoms with E-state index in [4.69, 9.17) is 0 Å². The minimum Gasteiger partial charge on any atom is -0.354 e. The standard InChI is InChI=1S/C28H30N6O3/c1-19(2)11-16-30-28(37)27(21-12-14-29-15-13-21)34(23-8-6-7-22(17-23)20(3)35)26(36)18-33-25-10-5-4-9-24(25)31-32-33/h4-10,12-15,17,19,27H,11,16,18H2,1-3H3,(H,30,37)/t27-/m1/s1. The molecule has 4 aromatic rings. The molecule has 0 saturated heterocycles. The Labute approximate surface area is 215 Å². The lowest BCUT2D eigenvalue weighted by atomic mass is 10.0. The van der Waals surface area contributed by atoms with Gasteiger partial charge in [0.25, 0.3) is 0 Å². The summed E-state index contributed by atoms with van der Waals surface area (Å²) >= 11 is 0. The average molecular weight is 499 g/mol. The van der Waals surface area contributed by atoms with Crippen LogP contribution in [0.3, 0.4) is 0 Å². The summed E-state index contributed by atoms with van der Waals surface area (Å²) in [6.45, 7) is 5.95. The predicted molar refractivity (Wildman–Crippen MR) is 141 cm³/mol. The third-order valence-corrected chi connectivity index (χ3v) is 6.05. The van der Waals surface area contributed by atoms with Gasteiger partial charge in [0.05, 0.1) is 5.52 Å². The first-order valence-electron chi connectivity index (χ1n) is 12.2. The van der Waals surface area contributed by atoms with Crippen LogP contribution >= 0.6 is 0 Å². The van der Waals surface area contributed by atoms with Gasteiger partial charge >= 0.3 is 0 Å². The molecule has 0 aliphatic heterocycles. The minimum absolute atomic E-state index is 0.140. The first-order chi connectivity index (χ1) is 17.8. The largest absolute Gasteiger partial charge is 0.354 e. The number of Topliss-reactive ketones (excluding diaryl/α,β-unsaturated/α-hetero) is 1. The maximum Gasteiger partial charge on any atom is 0.249 e. The number of ketones is 1. The van der Waals surface area contributed by atoms with Gasteiger partial charge in [-0.3, -0.25) is 24.3 Å². The van der Waals surface area contributed by atoms with Gasteiger partial charge in [-0.2, -0.15) is 0 Å². The molecule has 2 aromatic carbocycles. The lowest BCUT2D eigenvalue weighted by Gasteiger charge is -2.32. The fourth-order valence-corrected chi connectivity index (χ4v) is 4.09. The van der Waals surface area contributed by atoms with E-state index in [0.717, 1.165) is 6.42 Å². The number of rotatable bonds is 10. The highest BCUT2D eigenvalue weighted by atomic mass is 16.2. The summed E-state index contributed by atoms with van der Waals surface area (Å²) < 4.78 is 1.51. The molecule has 2 aromatic heterocycles. The van der Waals surface area contributed by atoms with E-state index in [1.807, 2.05) is 24.3 Å². The fraction of sp³-hybridized carbons (Fsp3) is 0.286. The van der Waals surface area contributed by atoms with Crippen LogP contribution in [0, 0.1) is 5.92 Å². The Kier molecular flexibility index (Phi) is 8.02. The zero-order valence-electron chi connectivity index (χ0n) is 21.2. The predicted octanol–water partition coefficient (Wildman–Crippen LogP) is 3.97. The van der Waals surface area contributed by atoms with E-state index < -0.39 is 6.04 Å². The van der Waals surface area contributed by atoms with Crippen molar-refractivity contribution in [2.45, 2.75) is 39.8 Å². The molecular formula is C28H30N6O3. The van der Waals surface area contributed by atoms with Crippen LogP contribution in [-0.2, 0) is 16.1 Å². The van der Waals surface area contributed by atoms with E-state index in [1.165, 1.54) is 16.5 Å². The molecule has 4 rings (SSSR count). The molecule has 9 heteroatoms.